The van der Waals surface area contributed by atoms with E-state index in [2.05, 4.69) is 0 Å². The van der Waals surface area contributed by atoms with Crippen LogP contribution in [0.25, 0.3) is 28.4 Å². The number of hydrogen-bond donors (Lipinski definition) is 14. The first kappa shape index (κ1) is 51.0. The van der Waals surface area contributed by atoms with Crippen molar-refractivity contribution >= 4 is 23.0 Å². The molecule has 4 aromatic rings. The molecule has 4 heterocycles. The van der Waals surface area contributed by atoms with Gasteiger partial charge in [-0.2, -0.15) is 0 Å². The molecule has 3 aliphatic heterocycles. The molecular formula is C44H51O25+. The Balaban J connectivity index is 1.26. The van der Waals surface area contributed by atoms with Crippen LogP contribution in [0.1, 0.15) is 5.56 Å². The Hall–Kier alpha value is -5.88. The van der Waals surface area contributed by atoms with E-state index in [1.54, 1.807) is 0 Å². The normalized spacial score (nSPS) is 31.6. The highest BCUT2D eigenvalue weighted by atomic mass is 16.8. The number of phenolic OH excluding ortho intramolecular Hbond substituents is 4. The Kier molecular flexibility index (Phi) is 15.8. The van der Waals surface area contributed by atoms with Crippen LogP contribution in [0.5, 0.6) is 46.0 Å². The maximum Gasteiger partial charge on any atom is 0.402 e. The summed E-state index contributed by atoms with van der Waals surface area (Å²) in [4.78, 5) is 13.0. The van der Waals surface area contributed by atoms with Crippen molar-refractivity contribution in [3.05, 3.63) is 60.2 Å². The quantitative estimate of drug-likeness (QED) is 0.0257. The fraction of sp³-hybridized carbons (Fsp3) is 0.455. The SMILES string of the molecule is COc1cc(/C=C/C(=O)OC[C@H]2O[C@@H](Oc3cc4c(O[C@@H]5O[C@H](CO)[C@@H](O)[C@H](O)[C@H]5O)cc(O)cc4[o+]c3-c3ccc(O)c(O)c3)[C@H](O[C@@H]3O[C@H](CO)[C@@H](O)[C@H](O)[C@H]3O)[C@@H](O)[C@@H]2O)cc(OC)c1O. The Morgan fingerprint density at radius 1 is 0.623 bits per heavy atom. The number of aliphatic hydroxyl groups is 10. The number of hydrogen-bond acceptors (Lipinski definition) is 24. The molecule has 25 nitrogen and oxygen atoms in total. The highest BCUT2D eigenvalue weighted by molar-refractivity contribution is 5.89. The third-order valence-electron chi connectivity index (χ3n) is 11.5. The van der Waals surface area contributed by atoms with Crippen LogP contribution < -0.4 is 18.9 Å². The lowest BCUT2D eigenvalue weighted by Gasteiger charge is -2.45. The van der Waals surface area contributed by atoms with Gasteiger partial charge in [-0.1, -0.05) is 0 Å². The summed E-state index contributed by atoms with van der Waals surface area (Å²) in [6, 6.07) is 9.51. The van der Waals surface area contributed by atoms with Gasteiger partial charge in [-0.05, 0) is 35.9 Å². The van der Waals surface area contributed by atoms with E-state index < -0.39 is 141 Å². The molecule has 0 unspecified atom stereocenters. The lowest BCUT2D eigenvalue weighted by molar-refractivity contribution is -0.357. The minimum atomic E-state index is -2.10. The number of rotatable bonds is 15. The number of phenols is 4. The van der Waals surface area contributed by atoms with Gasteiger partial charge in [0.2, 0.25) is 24.1 Å². The minimum absolute atomic E-state index is 0.0223. The predicted molar refractivity (Wildman–Crippen MR) is 227 cm³/mol. The zero-order chi connectivity index (χ0) is 50.0. The number of aliphatic hydroxyl groups excluding tert-OH is 10. The number of carbonyl (C=O) groups is 1. The van der Waals surface area contributed by atoms with Crippen molar-refractivity contribution in [3.63, 3.8) is 0 Å². The molecule has 0 aliphatic carbocycles. The molecule has 1 aromatic heterocycles. The van der Waals surface area contributed by atoms with Crippen molar-refractivity contribution in [1.29, 1.82) is 0 Å². The molecule has 376 valence electrons. The zero-order valence-corrected chi connectivity index (χ0v) is 36.3. The van der Waals surface area contributed by atoms with Crippen LogP contribution in [0.3, 0.4) is 0 Å². The summed E-state index contributed by atoms with van der Waals surface area (Å²) in [5, 5.41) is 148. The van der Waals surface area contributed by atoms with Crippen LogP contribution in [-0.2, 0) is 28.5 Å². The summed E-state index contributed by atoms with van der Waals surface area (Å²) in [7, 11) is 2.60. The molecule has 0 saturated carbocycles. The van der Waals surface area contributed by atoms with Gasteiger partial charge in [-0.25, -0.2) is 9.21 Å². The van der Waals surface area contributed by atoms with Crippen molar-refractivity contribution in [1.82, 2.24) is 0 Å². The standard InChI is InChI=1S/C44H50O25/c1-60-24-7-16(8-25(61-2)31(24)51)3-6-30(50)62-15-29-34(54)37(57)41(69-43-39(59)36(56)33(53)28(14-46)67-43)44(68-29)65-26-12-19-22(63-40(26)17-4-5-20(48)21(49)9-17)10-18(47)11-23(19)64-42-38(58)35(55)32(52)27(13-45)66-42/h3-12,27-29,32-39,41-46,52-59H,13-15H2,1-2H3,(H3-,47,48,49,50,51)/p+1/t27-,28-,29-,32-,33-,34-,35+,36+,37+,38-,39-,41-,42-,43+,44-/m1/s1. The minimum Gasteiger partial charge on any atom is -0.507 e. The largest absolute Gasteiger partial charge is 0.507 e. The number of aromatic hydroxyl groups is 4. The molecule has 3 fully saturated rings. The third-order valence-corrected chi connectivity index (χ3v) is 11.5. The van der Waals surface area contributed by atoms with Gasteiger partial charge in [0.05, 0.1) is 39.1 Å². The van der Waals surface area contributed by atoms with Crippen LogP contribution in [0.15, 0.2) is 59.0 Å². The summed E-state index contributed by atoms with van der Waals surface area (Å²) in [6.07, 6.45) is -25.5. The van der Waals surface area contributed by atoms with Crippen molar-refractivity contribution in [2.75, 3.05) is 34.0 Å². The van der Waals surface area contributed by atoms with E-state index in [0.717, 1.165) is 30.3 Å². The van der Waals surface area contributed by atoms with Crippen LogP contribution in [-0.4, -0.2) is 204 Å². The number of ether oxygens (including phenoxy) is 9. The van der Waals surface area contributed by atoms with Crippen molar-refractivity contribution in [2.24, 2.45) is 0 Å². The fourth-order valence-corrected chi connectivity index (χ4v) is 7.64. The zero-order valence-electron chi connectivity index (χ0n) is 36.3. The van der Waals surface area contributed by atoms with Gasteiger partial charge in [-0.3, -0.25) is 0 Å². The molecule has 3 aromatic carbocycles. The van der Waals surface area contributed by atoms with Crippen LogP contribution >= 0.6 is 0 Å². The van der Waals surface area contributed by atoms with Crippen LogP contribution in [0.2, 0.25) is 0 Å². The highest BCUT2D eigenvalue weighted by Crippen LogP contribution is 2.44. The molecular weight excluding hydrogens is 928 g/mol. The summed E-state index contributed by atoms with van der Waals surface area (Å²) in [5.74, 6) is -3.98. The topological polar surface area (TPSA) is 395 Å². The highest BCUT2D eigenvalue weighted by Gasteiger charge is 2.52. The Morgan fingerprint density at radius 2 is 1.20 bits per heavy atom. The second-order valence-electron chi connectivity index (χ2n) is 16.0. The van der Waals surface area contributed by atoms with Gasteiger partial charge in [-0.15, -0.1) is 0 Å². The second kappa shape index (κ2) is 21.4. The molecule has 3 saturated heterocycles. The van der Waals surface area contributed by atoms with E-state index >= 15 is 0 Å². The predicted octanol–water partition coefficient (Wildman–Crippen LogP) is -2.33. The van der Waals surface area contributed by atoms with Gasteiger partial charge < -0.3 is 114 Å². The third kappa shape index (κ3) is 10.7. The van der Waals surface area contributed by atoms with Gasteiger partial charge in [0.25, 0.3) is 0 Å². The summed E-state index contributed by atoms with van der Waals surface area (Å²) < 4.78 is 57.0. The second-order valence-corrected chi connectivity index (χ2v) is 16.0. The smallest absolute Gasteiger partial charge is 0.402 e. The van der Waals surface area contributed by atoms with Gasteiger partial charge in [0, 0.05) is 24.3 Å². The van der Waals surface area contributed by atoms with E-state index in [0.29, 0.717) is 5.56 Å². The Morgan fingerprint density at radius 3 is 1.81 bits per heavy atom. The molecule has 0 radical (unpaired) electrons. The number of methoxy groups -OCH3 is 2. The summed E-state index contributed by atoms with van der Waals surface area (Å²) in [5.41, 5.74) is 0.117. The fourth-order valence-electron chi connectivity index (χ4n) is 7.64. The first-order valence-electron chi connectivity index (χ1n) is 20.9. The van der Waals surface area contributed by atoms with Crippen molar-refractivity contribution in [2.45, 2.75) is 92.1 Å². The first-order chi connectivity index (χ1) is 32.9. The number of fused-ring (bicyclic) bond motifs is 1. The van der Waals surface area contributed by atoms with Gasteiger partial charge in [0.15, 0.2) is 35.4 Å². The van der Waals surface area contributed by atoms with Crippen molar-refractivity contribution in [3.8, 4) is 57.3 Å². The maximum absolute atomic E-state index is 13.0. The summed E-state index contributed by atoms with van der Waals surface area (Å²) >= 11 is 0. The average Bonchev–Trinajstić information content (AvgIpc) is 3.33. The lowest BCUT2D eigenvalue weighted by Crippen LogP contribution is -2.65. The van der Waals surface area contributed by atoms with E-state index in [-0.39, 0.29) is 45.3 Å². The van der Waals surface area contributed by atoms with Crippen molar-refractivity contribution < 1.29 is 123 Å². The average molecular weight is 980 g/mol. The molecule has 0 amide bonds. The molecule has 69 heavy (non-hydrogen) atoms. The number of carbonyl (C=O) groups excluding carboxylic acids is 1. The molecule has 15 atom stereocenters. The molecule has 3 aliphatic rings. The molecule has 7 rings (SSSR count). The van der Waals surface area contributed by atoms with E-state index in [4.69, 9.17) is 47.0 Å². The van der Waals surface area contributed by atoms with Gasteiger partial charge >= 0.3 is 17.3 Å². The molecule has 0 spiro atoms. The van der Waals surface area contributed by atoms with E-state index in [1.165, 1.54) is 44.6 Å². The number of esters is 1. The van der Waals surface area contributed by atoms with E-state index in [1.807, 2.05) is 0 Å². The summed E-state index contributed by atoms with van der Waals surface area (Å²) in [6.45, 7) is -2.47. The maximum atomic E-state index is 13.0. The monoisotopic (exact) mass is 979 g/mol. The number of benzene rings is 3. The molecule has 25 heteroatoms. The molecule has 0 bridgehead atoms. The van der Waals surface area contributed by atoms with Crippen LogP contribution in [0, 0.1) is 0 Å². The Bertz CT molecular complexity index is 2440. The molecule has 14 N–H and O–H groups in total. The van der Waals surface area contributed by atoms with Gasteiger partial charge in [0.1, 0.15) is 90.6 Å². The lowest BCUT2D eigenvalue weighted by atomic mass is 9.97. The van der Waals surface area contributed by atoms with Crippen LogP contribution in [0.4, 0.5) is 0 Å². The Labute approximate surface area is 389 Å². The van der Waals surface area contributed by atoms with E-state index in [9.17, 15) is 76.3 Å². The first-order valence-corrected chi connectivity index (χ1v) is 20.9.